The zero-order chi connectivity index (χ0) is 12.1. The molecule has 16 heavy (non-hydrogen) atoms. The van der Waals surface area contributed by atoms with Crippen LogP contribution in [0, 0.1) is 0 Å². The first-order valence-electron chi connectivity index (χ1n) is 5.20. The lowest BCUT2D eigenvalue weighted by Crippen LogP contribution is -1.97. The highest BCUT2D eigenvalue weighted by Gasteiger charge is 2.17. The summed E-state index contributed by atoms with van der Waals surface area (Å²) in [6.07, 6.45) is 2.14. The summed E-state index contributed by atoms with van der Waals surface area (Å²) in [7, 11) is 3.22. The van der Waals surface area contributed by atoms with E-state index < -0.39 is 0 Å². The van der Waals surface area contributed by atoms with E-state index in [9.17, 15) is 0 Å². The number of methoxy groups -OCH3 is 2. The van der Waals surface area contributed by atoms with Crippen LogP contribution in [0.25, 0.3) is 0 Å². The minimum atomic E-state index is 0.260. The second kappa shape index (κ2) is 6.36. The summed E-state index contributed by atoms with van der Waals surface area (Å²) in [5.74, 6) is 1.33. The van der Waals surface area contributed by atoms with E-state index in [4.69, 9.17) is 21.1 Å². The van der Waals surface area contributed by atoms with Crippen LogP contribution >= 0.6 is 27.5 Å². The van der Waals surface area contributed by atoms with Crippen molar-refractivity contribution in [1.82, 2.24) is 0 Å². The molecule has 1 rings (SSSR count). The number of ether oxygens (including phenoxy) is 2. The largest absolute Gasteiger partial charge is 0.495 e. The molecule has 0 aliphatic heterocycles. The smallest absolute Gasteiger partial charge is 0.145 e. The van der Waals surface area contributed by atoms with Crippen molar-refractivity contribution in [2.45, 2.75) is 24.6 Å². The predicted octanol–water partition coefficient (Wildman–Crippen LogP) is 4.59. The standard InChI is InChI=1S/C12H16BrClO2/c1-4-5-9(13)8-6-7-10(15-2)11(14)12(8)16-3/h6-7,9H,4-5H2,1-3H3. The maximum atomic E-state index is 6.19. The number of hydrogen-bond donors (Lipinski definition) is 0. The number of hydrogen-bond acceptors (Lipinski definition) is 2. The van der Waals surface area contributed by atoms with Gasteiger partial charge in [0.2, 0.25) is 0 Å². The monoisotopic (exact) mass is 306 g/mol. The minimum absolute atomic E-state index is 0.260. The Morgan fingerprint density at radius 1 is 1.31 bits per heavy atom. The molecule has 0 aromatic heterocycles. The maximum absolute atomic E-state index is 6.19. The highest BCUT2D eigenvalue weighted by atomic mass is 79.9. The van der Waals surface area contributed by atoms with E-state index in [0.29, 0.717) is 16.5 Å². The molecule has 90 valence electrons. The summed E-state index contributed by atoms with van der Waals surface area (Å²) in [5, 5.41) is 0.531. The van der Waals surface area contributed by atoms with E-state index >= 15 is 0 Å². The molecule has 1 aromatic rings. The molecule has 0 saturated carbocycles. The molecule has 0 radical (unpaired) electrons. The fraction of sp³-hybridized carbons (Fsp3) is 0.500. The molecular formula is C12H16BrClO2. The molecule has 0 aliphatic rings. The molecule has 1 aromatic carbocycles. The Hall–Kier alpha value is -0.410. The highest BCUT2D eigenvalue weighted by molar-refractivity contribution is 9.09. The van der Waals surface area contributed by atoms with Crippen molar-refractivity contribution < 1.29 is 9.47 Å². The lowest BCUT2D eigenvalue weighted by atomic mass is 10.1. The third-order valence-corrected chi connectivity index (χ3v) is 3.70. The molecule has 1 atom stereocenters. The highest BCUT2D eigenvalue weighted by Crippen LogP contribution is 2.42. The molecule has 4 heteroatoms. The number of halogens is 2. The summed E-state index contributed by atoms with van der Waals surface area (Å²) >= 11 is 9.83. The fourth-order valence-corrected chi connectivity index (χ4v) is 2.72. The molecule has 0 aliphatic carbocycles. The quantitative estimate of drug-likeness (QED) is 0.741. The Balaban J connectivity index is 3.14. The second-order valence-corrected chi connectivity index (χ2v) is 4.94. The van der Waals surface area contributed by atoms with Gasteiger partial charge in [-0.15, -0.1) is 0 Å². The van der Waals surface area contributed by atoms with Gasteiger partial charge in [-0.1, -0.05) is 46.9 Å². The van der Waals surface area contributed by atoms with Crippen LogP contribution in [-0.4, -0.2) is 14.2 Å². The van der Waals surface area contributed by atoms with Gasteiger partial charge in [-0.3, -0.25) is 0 Å². The van der Waals surface area contributed by atoms with Crippen molar-refractivity contribution >= 4 is 27.5 Å². The maximum Gasteiger partial charge on any atom is 0.145 e. The van der Waals surface area contributed by atoms with E-state index in [1.165, 1.54) is 0 Å². The van der Waals surface area contributed by atoms with Crippen LogP contribution in [0.4, 0.5) is 0 Å². The van der Waals surface area contributed by atoms with E-state index in [1.807, 2.05) is 12.1 Å². The van der Waals surface area contributed by atoms with Crippen LogP contribution in [0.5, 0.6) is 11.5 Å². The van der Waals surface area contributed by atoms with Gasteiger partial charge in [-0.25, -0.2) is 0 Å². The van der Waals surface area contributed by atoms with Crippen LogP contribution in [0.2, 0.25) is 5.02 Å². The minimum Gasteiger partial charge on any atom is -0.495 e. The normalized spacial score (nSPS) is 12.3. The first-order chi connectivity index (χ1) is 7.65. The van der Waals surface area contributed by atoms with Crippen LogP contribution in [0.3, 0.4) is 0 Å². The number of alkyl halides is 1. The molecule has 0 saturated heterocycles. The van der Waals surface area contributed by atoms with Crippen molar-refractivity contribution in [3.8, 4) is 11.5 Å². The fourth-order valence-electron chi connectivity index (χ4n) is 1.57. The Morgan fingerprint density at radius 3 is 2.50 bits per heavy atom. The van der Waals surface area contributed by atoms with Gasteiger partial charge in [0.25, 0.3) is 0 Å². The second-order valence-electron chi connectivity index (χ2n) is 3.46. The van der Waals surface area contributed by atoms with Crippen molar-refractivity contribution in [3.05, 3.63) is 22.7 Å². The topological polar surface area (TPSA) is 18.5 Å². The van der Waals surface area contributed by atoms with Gasteiger partial charge >= 0.3 is 0 Å². The molecule has 0 heterocycles. The van der Waals surface area contributed by atoms with Gasteiger partial charge in [0.1, 0.15) is 16.5 Å². The van der Waals surface area contributed by atoms with E-state index in [-0.39, 0.29) is 4.83 Å². The van der Waals surface area contributed by atoms with Gasteiger partial charge in [0.15, 0.2) is 0 Å². The van der Waals surface area contributed by atoms with Gasteiger partial charge in [-0.2, -0.15) is 0 Å². The van der Waals surface area contributed by atoms with Crippen LogP contribution in [0.15, 0.2) is 12.1 Å². The summed E-state index contributed by atoms with van der Waals surface area (Å²) in [4.78, 5) is 0.260. The summed E-state index contributed by atoms with van der Waals surface area (Å²) in [5.41, 5.74) is 1.06. The van der Waals surface area contributed by atoms with E-state index in [0.717, 1.165) is 18.4 Å². The third-order valence-electron chi connectivity index (χ3n) is 2.40. The summed E-state index contributed by atoms with van der Waals surface area (Å²) < 4.78 is 10.5. The molecule has 0 N–H and O–H groups in total. The van der Waals surface area contributed by atoms with Crippen LogP contribution in [-0.2, 0) is 0 Å². The molecule has 0 spiro atoms. The molecule has 1 unspecified atom stereocenters. The molecule has 0 fully saturated rings. The number of rotatable bonds is 5. The summed E-state index contributed by atoms with van der Waals surface area (Å²) in [6.45, 7) is 2.14. The van der Waals surface area contributed by atoms with E-state index in [1.54, 1.807) is 14.2 Å². The Morgan fingerprint density at radius 2 is 2.00 bits per heavy atom. The van der Waals surface area contributed by atoms with Crippen molar-refractivity contribution in [1.29, 1.82) is 0 Å². The van der Waals surface area contributed by atoms with Crippen molar-refractivity contribution in [3.63, 3.8) is 0 Å². The molecule has 0 amide bonds. The molecule has 2 nitrogen and oxygen atoms in total. The van der Waals surface area contributed by atoms with Gasteiger partial charge < -0.3 is 9.47 Å². The Kier molecular flexibility index (Phi) is 5.42. The van der Waals surface area contributed by atoms with Gasteiger partial charge in [0.05, 0.1) is 14.2 Å². The third kappa shape index (κ3) is 2.83. The lowest BCUT2D eigenvalue weighted by Gasteiger charge is -2.16. The summed E-state index contributed by atoms with van der Waals surface area (Å²) in [6, 6.07) is 3.85. The predicted molar refractivity (Wildman–Crippen MR) is 71.1 cm³/mol. The first kappa shape index (κ1) is 13.7. The average Bonchev–Trinajstić information content (AvgIpc) is 2.28. The van der Waals surface area contributed by atoms with Crippen molar-refractivity contribution in [2.24, 2.45) is 0 Å². The van der Waals surface area contributed by atoms with Crippen LogP contribution < -0.4 is 9.47 Å². The van der Waals surface area contributed by atoms with Crippen LogP contribution in [0.1, 0.15) is 30.2 Å². The Bertz CT molecular complexity index is 355. The lowest BCUT2D eigenvalue weighted by molar-refractivity contribution is 0.391. The molecular weight excluding hydrogens is 291 g/mol. The number of benzene rings is 1. The molecule has 0 bridgehead atoms. The van der Waals surface area contributed by atoms with E-state index in [2.05, 4.69) is 22.9 Å². The van der Waals surface area contributed by atoms with Crippen molar-refractivity contribution in [2.75, 3.05) is 14.2 Å². The van der Waals surface area contributed by atoms with Gasteiger partial charge in [0, 0.05) is 10.4 Å². The average molecular weight is 308 g/mol. The SMILES string of the molecule is CCCC(Br)c1ccc(OC)c(Cl)c1OC. The zero-order valence-corrected chi connectivity index (χ0v) is 12.1. The first-order valence-corrected chi connectivity index (χ1v) is 6.49. The Labute approximate surface area is 110 Å². The van der Waals surface area contributed by atoms with Gasteiger partial charge in [-0.05, 0) is 12.5 Å². The zero-order valence-electron chi connectivity index (χ0n) is 9.72.